The Kier molecular flexibility index (Phi) is 56.1. The van der Waals surface area contributed by atoms with E-state index in [1.165, 1.54) is 35.3 Å². The van der Waals surface area contributed by atoms with Gasteiger partial charge in [-0.25, -0.2) is 5.84 Å². The van der Waals surface area contributed by atoms with E-state index in [0.29, 0.717) is 111 Å². The standard InChI is InChI=1S/C23H17ClN6OS.C15H13ClN2OS.2C13H9ClN4S.C10H9ClN2O.C7H4ClNS.C6H7N3O.C2H6O.CH2O3.3K.H2O.H/c1-15-6-8-16(9-7-15)21-26-20(31-29-21)14-32-23-28-27-22(17-10-12-25-13-11-17)30(23)19-5-3-2-4-18(19)24;16-14-4-2-1-3-12(14)9-13(20)10-18-15(19)11-5-7-17-8-6-11;2*14-10-3-1-2-4-11(10)18-12(16-17-13(18)19)9-5-7-15-8-6-9;1-7-2-4-8(5-3-7)10-12-9(6-11)14-13-10;8-6-3-1-2-4-7(6)10-5-9;7-9-6(10)5-1-3-8-4-2-5;1-2-3;2-1-4-3;;;;;/h2-13H,14H2,1H3;1-8H,9-10H2,(H,18,19);2*1-8H,(H,17,19);2-5H,6H2,1H3;1-4H;1-4H,7H2,(H,9,10);3H,2H2,1H3;1,3H;;;;1H2;/q;;;;;;;;;3*+1;;-1/p-2. The van der Waals surface area contributed by atoms with Gasteiger partial charge in [0.05, 0.1) is 42.9 Å². The maximum absolute atomic E-state index is 11.8. The van der Waals surface area contributed by atoms with Crippen molar-refractivity contribution < 1.29 is 200 Å². The van der Waals surface area contributed by atoms with E-state index in [9.17, 15) is 9.59 Å². The van der Waals surface area contributed by atoms with E-state index in [2.05, 4.69) is 86.0 Å². The predicted molar refractivity (Wildman–Crippen MR) is 518 cm³/mol. The number of thioether (sulfide) groups is 2. The molecule has 0 aliphatic carbocycles. The minimum Gasteiger partial charge on any atom is -1.00 e. The number of aromatic amines is 2. The molecule has 0 atom stereocenters. The largest absolute Gasteiger partial charge is 1.00 e. The van der Waals surface area contributed by atoms with Gasteiger partial charge in [-0.3, -0.25) is 68.6 Å². The summed E-state index contributed by atoms with van der Waals surface area (Å²) in [5.74, 6) is 9.30. The Morgan fingerprint density at radius 2 is 0.911 bits per heavy atom. The normalized spacial score (nSPS) is 9.77. The Balaban J connectivity index is 0.000000335. The molecule has 0 aliphatic rings. The van der Waals surface area contributed by atoms with Gasteiger partial charge < -0.3 is 36.5 Å². The number of para-hydroxylation sites is 3. The first kappa shape index (κ1) is 117. The van der Waals surface area contributed by atoms with E-state index in [1.807, 2.05) is 239 Å². The number of carbonyl (C=O) groups is 3. The number of H-pyrrole nitrogens is 2. The van der Waals surface area contributed by atoms with E-state index in [0.717, 1.165) is 72.0 Å². The maximum atomic E-state index is 11.8. The van der Waals surface area contributed by atoms with Crippen molar-refractivity contribution in [2.45, 2.75) is 48.9 Å². The molecule has 0 aliphatic heterocycles. The van der Waals surface area contributed by atoms with Gasteiger partial charge in [-0.1, -0.05) is 219 Å². The van der Waals surface area contributed by atoms with Gasteiger partial charge in [0.2, 0.25) is 23.4 Å². The number of nitrogens with one attached hydrogen (secondary N) is 4. The molecule has 45 heteroatoms. The molecule has 10 aromatic heterocycles. The molecule has 135 heavy (non-hydrogen) atoms. The minimum absolute atomic E-state index is 0. The van der Waals surface area contributed by atoms with Gasteiger partial charge in [0.25, 0.3) is 18.3 Å². The monoisotopic (exact) mass is 2100 g/mol. The first-order valence-electron chi connectivity index (χ1n) is 38.4. The number of halogens is 6. The van der Waals surface area contributed by atoms with Crippen LogP contribution in [0, 0.1) is 34.1 Å². The average molecular weight is 2100 g/mol. The van der Waals surface area contributed by atoms with Crippen molar-refractivity contribution in [3.63, 3.8) is 0 Å². The second kappa shape index (κ2) is 64.7. The van der Waals surface area contributed by atoms with Gasteiger partial charge in [0.15, 0.2) is 32.2 Å². The van der Waals surface area contributed by atoms with Crippen LogP contribution in [0.25, 0.3) is 74.0 Å². The van der Waals surface area contributed by atoms with E-state index >= 15 is 0 Å². The topological polar surface area (TPSA) is 448 Å². The molecule has 0 saturated heterocycles. The van der Waals surface area contributed by atoms with Crippen LogP contribution in [0.2, 0.25) is 25.1 Å². The Morgan fingerprint density at radius 1 is 0.541 bits per heavy atom. The van der Waals surface area contributed by atoms with Crippen molar-refractivity contribution in [2.24, 2.45) is 5.84 Å². The number of pyridine rings is 5. The van der Waals surface area contributed by atoms with Gasteiger partial charge in [-0.2, -0.15) is 25.4 Å². The molecule has 0 spiro atoms. The number of rotatable bonds is 20. The number of aromatic nitrogens is 18. The maximum Gasteiger partial charge on any atom is 1.00 e. The summed E-state index contributed by atoms with van der Waals surface area (Å²) in [6.07, 6.45) is 17.1. The third kappa shape index (κ3) is 37.7. The number of alkyl halides is 1. The third-order valence-corrected chi connectivity index (χ3v) is 21.3. The second-order valence-electron chi connectivity index (χ2n) is 25.8. The number of thiocarbonyl (C=S) groups is 1. The molecule has 0 radical (unpaired) electrons. The molecule has 0 unspecified atom stereocenters. The number of benzene rings is 7. The van der Waals surface area contributed by atoms with Crippen molar-refractivity contribution in [3.05, 3.63) is 367 Å². The Bertz CT molecular complexity index is 6510. The number of hydrogen-bond donors (Lipinski definition) is 6. The molecule has 0 fully saturated rings. The van der Waals surface area contributed by atoms with Crippen molar-refractivity contribution in [2.75, 3.05) is 13.2 Å². The molecule has 0 saturated carbocycles. The van der Waals surface area contributed by atoms with E-state index in [-0.39, 0.29) is 192 Å². The first-order valence-corrected chi connectivity index (χ1v) is 43.9. The van der Waals surface area contributed by atoms with Crippen LogP contribution in [0.4, 0.5) is 0 Å². The van der Waals surface area contributed by atoms with Crippen LogP contribution in [0.15, 0.2) is 312 Å². The number of nitriles is 1. The number of hydrazine groups is 1. The number of hydrogen-bond acceptors (Lipinski definition) is 29. The average Bonchev–Trinajstić information content (AvgIpc) is 1.67. The molecule has 31 nitrogen and oxygen atoms in total. The fourth-order valence-electron chi connectivity index (χ4n) is 10.9. The molecular formula is C90H77Cl6K3N22O9S5. The molecule has 0 bridgehead atoms. The number of aliphatic hydroxyl groups is 1. The number of nitrogens with zero attached hydrogens (tertiary/aromatic N) is 17. The van der Waals surface area contributed by atoms with Crippen molar-refractivity contribution in [1.82, 2.24) is 100 Å². The number of nitrogen functional groups attached to an aromatic ring is 1. The number of carbonyl (C=O) groups excluding carboxylic acids is 3. The second-order valence-corrected chi connectivity index (χ2v) is 31.2. The molecule has 7 aromatic carbocycles. The van der Waals surface area contributed by atoms with Crippen LogP contribution in [0.5, 0.6) is 0 Å². The molecule has 17 rings (SSSR count). The summed E-state index contributed by atoms with van der Waals surface area (Å²) in [4.78, 5) is 63.7. The fourth-order valence-corrected chi connectivity index (χ4v) is 14.0. The number of nitrogens with two attached hydrogens (primary N) is 1. The van der Waals surface area contributed by atoms with E-state index in [1.54, 1.807) is 86.8 Å². The fraction of sp³-hybridized carbons (Fsp3) is 0.0889. The Labute approximate surface area is 958 Å². The summed E-state index contributed by atoms with van der Waals surface area (Å²) in [6, 6.07) is 71.1. The summed E-state index contributed by atoms with van der Waals surface area (Å²) in [7, 11) is 0. The van der Waals surface area contributed by atoms with Crippen molar-refractivity contribution in [3.8, 4) is 79.4 Å². The van der Waals surface area contributed by atoms with Crippen LogP contribution in [-0.2, 0) is 27.7 Å². The van der Waals surface area contributed by atoms with Gasteiger partial charge in [-0.15, -0.1) is 21.8 Å². The number of aryl methyl sites for hydroxylation is 2. The Morgan fingerprint density at radius 3 is 1.30 bits per heavy atom. The van der Waals surface area contributed by atoms with Gasteiger partial charge in [0, 0.05) is 135 Å². The van der Waals surface area contributed by atoms with Crippen molar-refractivity contribution in [1.29, 1.82) is 5.26 Å². The number of amides is 2. The van der Waals surface area contributed by atoms with Gasteiger partial charge in [0.1, 0.15) is 11.3 Å². The molecular weight excluding hydrogens is 2020 g/mol. The number of thiocyanates is 1. The van der Waals surface area contributed by atoms with Crippen LogP contribution < -0.4 is 176 Å². The molecule has 8 N–H and O–H groups in total. The summed E-state index contributed by atoms with van der Waals surface area (Å²) in [5, 5.41) is 63.7. The zero-order chi connectivity index (χ0) is 93.7. The van der Waals surface area contributed by atoms with Crippen LogP contribution in [0.3, 0.4) is 0 Å². The summed E-state index contributed by atoms with van der Waals surface area (Å²) >= 11 is 54.7. The van der Waals surface area contributed by atoms with E-state index in [4.69, 9.17) is 142 Å². The summed E-state index contributed by atoms with van der Waals surface area (Å²) in [6.45, 7) is 6.17. The van der Waals surface area contributed by atoms with Crippen molar-refractivity contribution >= 4 is 153 Å². The van der Waals surface area contributed by atoms with Gasteiger partial charge >= 0.3 is 154 Å². The SMILES string of the molecule is CCO.Cc1ccc(-c2noc(CCl)n2)cc1.Cc1ccc(-c2noc(CSc3nnc(-c4ccncc4)n3-c3ccccc3Cl)n2)cc1.N#CSc1ccccc1Cl.NNC(=O)c1ccncc1.O=C(NCC(=S)Cc1ccccc1Cl)c1ccncc1.O=CO[O-].S=c1[nH]nc(-c2ccncc2)n1-c1ccccc1Cl.S=c1[nH]nc(-c2ccncc2)n1-c1ccccc1Cl.[H-].[K+].[K+].[K+].[OH-]. The minimum atomic E-state index is -0.303. The summed E-state index contributed by atoms with van der Waals surface area (Å²) < 4.78 is 16.9. The quantitative estimate of drug-likeness (QED) is 0.00394. The van der Waals surface area contributed by atoms with E-state index < -0.39 is 0 Å². The summed E-state index contributed by atoms with van der Waals surface area (Å²) in [5.41, 5.74) is 13.4. The first-order chi connectivity index (χ1) is 63.7. The zero-order valence-electron chi connectivity index (χ0n) is 73.6. The number of aliphatic hydroxyl groups excluding tert-OH is 1. The molecule has 2 amide bonds. The smallest absolute Gasteiger partial charge is 1.00 e. The van der Waals surface area contributed by atoms with Crippen LogP contribution in [0.1, 0.15) is 57.5 Å². The van der Waals surface area contributed by atoms with Gasteiger partial charge in [-0.05, 0) is 178 Å². The van der Waals surface area contributed by atoms with Crippen LogP contribution >= 0.6 is 130 Å². The Hall–Kier alpha value is -8.39. The third-order valence-electron chi connectivity index (χ3n) is 16.9. The zero-order valence-corrected chi connectivity index (χ0v) is 90.6. The molecule has 10 heterocycles. The van der Waals surface area contributed by atoms with Crippen LogP contribution in [-0.4, -0.2) is 136 Å². The molecule has 676 valence electrons. The molecule has 17 aromatic rings. The predicted octanol–water partition coefficient (Wildman–Crippen LogP) is 10.8.